The summed E-state index contributed by atoms with van der Waals surface area (Å²) in [5, 5.41) is 0.634. The van der Waals surface area contributed by atoms with Crippen molar-refractivity contribution in [1.82, 2.24) is 0 Å². The molecule has 80 valence electrons. The molecule has 7 heteroatoms. The van der Waals surface area contributed by atoms with Gasteiger partial charge in [0, 0.05) is 10.4 Å². The second-order valence-corrected chi connectivity index (χ2v) is 3.66. The van der Waals surface area contributed by atoms with Gasteiger partial charge in [-0.25, -0.2) is 0 Å². The van der Waals surface area contributed by atoms with E-state index >= 15 is 0 Å². The van der Waals surface area contributed by atoms with Crippen molar-refractivity contribution in [2.75, 3.05) is 5.73 Å². The van der Waals surface area contributed by atoms with E-state index in [1.165, 1.54) is 0 Å². The molecule has 5 nitrogen and oxygen atoms in total. The highest BCUT2D eigenvalue weighted by Crippen LogP contribution is 2.18. The van der Waals surface area contributed by atoms with E-state index in [-0.39, 0.29) is 0 Å². The molecule has 0 unspecified atom stereocenters. The van der Waals surface area contributed by atoms with E-state index in [0.717, 1.165) is 5.56 Å². The van der Waals surface area contributed by atoms with Crippen molar-refractivity contribution in [3.8, 4) is 0 Å². The lowest BCUT2D eigenvalue weighted by atomic mass is 10.2. The molecule has 1 rings (SSSR count). The molecule has 0 bridgehead atoms. The monoisotopic (exact) mass is 237 g/mol. The quantitative estimate of drug-likeness (QED) is 0.410. The van der Waals surface area contributed by atoms with Crippen LogP contribution >= 0.6 is 11.6 Å². The van der Waals surface area contributed by atoms with Gasteiger partial charge in [0.25, 0.3) is 0 Å². The maximum Gasteiger partial charge on any atom is 0.0638 e. The van der Waals surface area contributed by atoms with Crippen molar-refractivity contribution in [3.05, 3.63) is 28.8 Å². The molecule has 14 heavy (non-hydrogen) atoms. The summed E-state index contributed by atoms with van der Waals surface area (Å²) in [4.78, 5) is 0. The van der Waals surface area contributed by atoms with Crippen LogP contribution in [0, 0.1) is 6.92 Å². The first-order valence-corrected chi connectivity index (χ1v) is 5.09. The molecule has 0 aliphatic heterocycles. The van der Waals surface area contributed by atoms with Gasteiger partial charge in [-0.3, -0.25) is 8.42 Å². The van der Waals surface area contributed by atoms with Gasteiger partial charge in [-0.05, 0) is 24.6 Å². The highest BCUT2D eigenvalue weighted by atomic mass is 35.5. The van der Waals surface area contributed by atoms with E-state index in [9.17, 15) is 0 Å². The van der Waals surface area contributed by atoms with Crippen LogP contribution in [0.15, 0.2) is 18.2 Å². The van der Waals surface area contributed by atoms with Gasteiger partial charge in [-0.15, -0.1) is 0 Å². The summed E-state index contributed by atoms with van der Waals surface area (Å²) < 4.78 is 34.1. The molecular formula is C7H8ClNO4S-2. The van der Waals surface area contributed by atoms with E-state index in [1.54, 1.807) is 6.07 Å². The molecule has 0 radical (unpaired) electrons. The van der Waals surface area contributed by atoms with E-state index in [0.29, 0.717) is 10.7 Å². The Bertz CT molecular complexity index is 396. The van der Waals surface area contributed by atoms with Gasteiger partial charge in [0.05, 0.1) is 10.7 Å². The molecular weight excluding hydrogens is 230 g/mol. The number of aryl methyl sites for hydroxylation is 1. The van der Waals surface area contributed by atoms with Crippen molar-refractivity contribution in [2.24, 2.45) is 0 Å². The molecule has 0 heterocycles. The van der Waals surface area contributed by atoms with Crippen LogP contribution in [0.1, 0.15) is 5.56 Å². The normalized spacial score (nSPS) is 10.3. The Morgan fingerprint density at radius 2 is 1.79 bits per heavy atom. The van der Waals surface area contributed by atoms with Crippen molar-refractivity contribution in [1.29, 1.82) is 0 Å². The first kappa shape index (κ1) is 13.2. The first-order valence-electron chi connectivity index (χ1n) is 3.38. The lowest BCUT2D eigenvalue weighted by Gasteiger charge is -2.06. The minimum Gasteiger partial charge on any atom is -0.759 e. The Kier molecular flexibility index (Phi) is 4.86. The standard InChI is InChI=1S/C7H8ClN.H2O4S/c1-5-2-3-7(9)6(8)4-5;1-5(2,3)4/h2-4H,9H2,1H3;(H2,1,2,3,4)/p-2. The van der Waals surface area contributed by atoms with E-state index in [4.69, 9.17) is 34.9 Å². The summed E-state index contributed by atoms with van der Waals surface area (Å²) in [5.74, 6) is 0. The van der Waals surface area contributed by atoms with Gasteiger partial charge in [-0.1, -0.05) is 17.7 Å². The van der Waals surface area contributed by atoms with Gasteiger partial charge in [0.1, 0.15) is 0 Å². The molecule has 0 aliphatic carbocycles. The van der Waals surface area contributed by atoms with Crippen LogP contribution in [0.4, 0.5) is 5.69 Å². The van der Waals surface area contributed by atoms with Crippen LogP contribution in [0.5, 0.6) is 0 Å². The van der Waals surface area contributed by atoms with Gasteiger partial charge >= 0.3 is 0 Å². The number of nitrogens with two attached hydrogens (primary N) is 1. The Morgan fingerprint density at radius 3 is 2.07 bits per heavy atom. The number of nitrogen functional groups attached to an aromatic ring is 1. The highest BCUT2D eigenvalue weighted by molar-refractivity contribution is 7.79. The number of benzene rings is 1. The summed E-state index contributed by atoms with van der Waals surface area (Å²) in [6.45, 7) is 1.98. The molecule has 0 atom stereocenters. The fourth-order valence-electron chi connectivity index (χ4n) is 0.632. The molecule has 0 aromatic heterocycles. The Morgan fingerprint density at radius 1 is 1.36 bits per heavy atom. The zero-order valence-electron chi connectivity index (χ0n) is 7.23. The van der Waals surface area contributed by atoms with Gasteiger partial charge < -0.3 is 14.8 Å². The second-order valence-electron chi connectivity index (χ2n) is 2.43. The minimum atomic E-state index is -5.17. The predicted molar refractivity (Wildman–Crippen MR) is 51.1 cm³/mol. The molecule has 1 aromatic carbocycles. The summed E-state index contributed by atoms with van der Waals surface area (Å²) in [6, 6.07) is 5.58. The SMILES string of the molecule is Cc1ccc(N)c(Cl)c1.O=S(=O)([O-])[O-]. The Labute approximate surface area is 87.1 Å². The minimum absolute atomic E-state index is 0.634. The largest absolute Gasteiger partial charge is 0.759 e. The third-order valence-corrected chi connectivity index (χ3v) is 1.48. The third-order valence-electron chi connectivity index (χ3n) is 1.16. The average Bonchev–Trinajstić information content (AvgIpc) is 1.94. The van der Waals surface area contributed by atoms with Gasteiger partial charge in [0.2, 0.25) is 0 Å². The molecule has 1 aromatic rings. The van der Waals surface area contributed by atoms with Gasteiger partial charge in [0.15, 0.2) is 0 Å². The maximum absolute atomic E-state index is 8.52. The molecule has 0 spiro atoms. The predicted octanol–water partition coefficient (Wildman–Crippen LogP) is 0.893. The summed E-state index contributed by atoms with van der Waals surface area (Å²) >= 11 is 5.69. The smallest absolute Gasteiger partial charge is 0.0638 e. The van der Waals surface area contributed by atoms with Gasteiger partial charge in [-0.2, -0.15) is 0 Å². The van der Waals surface area contributed by atoms with Crippen molar-refractivity contribution in [2.45, 2.75) is 6.92 Å². The molecule has 2 N–H and O–H groups in total. The van der Waals surface area contributed by atoms with Crippen LogP contribution in [-0.4, -0.2) is 17.5 Å². The molecule has 0 saturated heterocycles. The van der Waals surface area contributed by atoms with Crippen LogP contribution in [0.25, 0.3) is 0 Å². The number of hydrogen-bond acceptors (Lipinski definition) is 5. The van der Waals surface area contributed by atoms with Crippen molar-refractivity contribution < 1.29 is 17.5 Å². The molecule has 0 amide bonds. The number of hydrogen-bond donors (Lipinski definition) is 1. The molecule has 0 aliphatic rings. The lowest BCUT2D eigenvalue weighted by Crippen LogP contribution is -1.91. The first-order chi connectivity index (χ1) is 6.20. The third kappa shape index (κ3) is 7.81. The maximum atomic E-state index is 8.52. The highest BCUT2D eigenvalue weighted by Gasteiger charge is 1.92. The Balaban J connectivity index is 0.000000292. The number of halogens is 1. The summed E-state index contributed by atoms with van der Waals surface area (Å²) in [7, 11) is -5.17. The fourth-order valence-corrected chi connectivity index (χ4v) is 0.867. The van der Waals surface area contributed by atoms with Crippen LogP contribution in [0.3, 0.4) is 0 Å². The number of rotatable bonds is 0. The zero-order valence-corrected chi connectivity index (χ0v) is 8.80. The van der Waals surface area contributed by atoms with E-state index < -0.39 is 10.4 Å². The van der Waals surface area contributed by atoms with Crippen molar-refractivity contribution >= 4 is 27.7 Å². The van der Waals surface area contributed by atoms with Crippen LogP contribution in [0.2, 0.25) is 5.02 Å². The number of anilines is 1. The van der Waals surface area contributed by atoms with E-state index in [1.807, 2.05) is 19.1 Å². The average molecular weight is 238 g/mol. The fraction of sp³-hybridized carbons (Fsp3) is 0.143. The van der Waals surface area contributed by atoms with Crippen LogP contribution < -0.4 is 5.73 Å². The Hall–Kier alpha value is -0.820. The summed E-state index contributed by atoms with van der Waals surface area (Å²) in [6.07, 6.45) is 0. The zero-order chi connectivity index (χ0) is 11.4. The van der Waals surface area contributed by atoms with E-state index in [2.05, 4.69) is 0 Å². The summed E-state index contributed by atoms with van der Waals surface area (Å²) in [5.41, 5.74) is 7.23. The second kappa shape index (κ2) is 5.16. The van der Waals surface area contributed by atoms with Crippen LogP contribution in [-0.2, 0) is 10.4 Å². The topological polar surface area (TPSA) is 106 Å². The lowest BCUT2D eigenvalue weighted by molar-refractivity contribution is 0.352. The van der Waals surface area contributed by atoms with Crippen molar-refractivity contribution in [3.63, 3.8) is 0 Å². The molecule has 0 fully saturated rings. The molecule has 0 saturated carbocycles.